The Balaban J connectivity index is 1.74. The van der Waals surface area contributed by atoms with E-state index < -0.39 is 0 Å². The minimum absolute atomic E-state index is 0.282. The number of nitriles is 1. The van der Waals surface area contributed by atoms with Gasteiger partial charge in [0.2, 0.25) is 0 Å². The molecule has 0 aliphatic carbocycles. The van der Waals surface area contributed by atoms with Crippen LogP contribution in [-0.2, 0) is 6.54 Å². The molecule has 7 heteroatoms. The van der Waals surface area contributed by atoms with Crippen LogP contribution >= 0.6 is 39.3 Å². The molecule has 1 aromatic heterocycles. The molecule has 0 fully saturated rings. The maximum atomic E-state index is 8.94. The van der Waals surface area contributed by atoms with Crippen molar-refractivity contribution in [3.8, 4) is 17.3 Å². The van der Waals surface area contributed by atoms with Gasteiger partial charge in [-0.15, -0.1) is 0 Å². The van der Waals surface area contributed by atoms with Crippen LogP contribution in [0.5, 0.6) is 0 Å². The SMILES string of the molecule is CC(Cn1ccc(-c2ccc(C#N)c(Cl)c2)n1)N1C=CS[C@@H]1Br. The first-order chi connectivity index (χ1) is 11.1. The average Bonchev–Trinajstić information content (AvgIpc) is 3.16. The summed E-state index contributed by atoms with van der Waals surface area (Å²) in [5.41, 5.74) is 2.24. The molecule has 118 valence electrons. The Morgan fingerprint density at radius 1 is 1.48 bits per heavy atom. The second kappa shape index (κ2) is 7.00. The van der Waals surface area contributed by atoms with Crippen LogP contribution in [0, 0.1) is 11.3 Å². The summed E-state index contributed by atoms with van der Waals surface area (Å²) in [6.45, 7) is 2.96. The summed E-state index contributed by atoms with van der Waals surface area (Å²) in [6, 6.07) is 9.73. The first-order valence-electron chi connectivity index (χ1n) is 7.05. The summed E-state index contributed by atoms with van der Waals surface area (Å²) < 4.78 is 2.22. The fourth-order valence-corrected chi connectivity index (χ4v) is 4.30. The minimum Gasteiger partial charge on any atom is -0.351 e. The van der Waals surface area contributed by atoms with Gasteiger partial charge in [-0.1, -0.05) is 45.4 Å². The molecule has 2 atom stereocenters. The van der Waals surface area contributed by atoms with Gasteiger partial charge in [0.1, 0.15) is 10.4 Å². The van der Waals surface area contributed by atoms with Gasteiger partial charge >= 0.3 is 0 Å². The molecule has 3 rings (SSSR count). The minimum atomic E-state index is 0.282. The molecule has 4 nitrogen and oxygen atoms in total. The summed E-state index contributed by atoms with van der Waals surface area (Å²) in [5.74, 6) is 0. The fraction of sp³-hybridized carbons (Fsp3) is 0.250. The molecule has 1 aliphatic rings. The normalized spacial score (nSPS) is 18.2. The zero-order chi connectivity index (χ0) is 16.4. The molecule has 23 heavy (non-hydrogen) atoms. The lowest BCUT2D eigenvalue weighted by molar-refractivity contribution is 0.290. The summed E-state index contributed by atoms with van der Waals surface area (Å²) in [6.07, 6.45) is 4.06. The van der Waals surface area contributed by atoms with Gasteiger partial charge in [0, 0.05) is 24.0 Å². The molecule has 0 saturated heterocycles. The third-order valence-corrected chi connectivity index (χ3v) is 5.82. The number of hydrogen-bond acceptors (Lipinski definition) is 4. The van der Waals surface area contributed by atoms with Gasteiger partial charge in [-0.3, -0.25) is 4.68 Å². The lowest BCUT2D eigenvalue weighted by Gasteiger charge is -2.27. The van der Waals surface area contributed by atoms with Crippen LogP contribution in [-0.4, -0.2) is 25.0 Å². The van der Waals surface area contributed by atoms with Crippen molar-refractivity contribution in [1.29, 1.82) is 5.26 Å². The van der Waals surface area contributed by atoms with Crippen molar-refractivity contribution in [2.45, 2.75) is 23.8 Å². The molecular weight excluding hydrogens is 396 g/mol. The number of hydrogen-bond donors (Lipinski definition) is 0. The first-order valence-corrected chi connectivity index (χ1v) is 9.29. The second-order valence-corrected chi connectivity index (χ2v) is 8.11. The largest absolute Gasteiger partial charge is 0.351 e. The quantitative estimate of drug-likeness (QED) is 0.544. The van der Waals surface area contributed by atoms with Gasteiger partial charge in [-0.2, -0.15) is 10.4 Å². The molecule has 1 aromatic carbocycles. The molecule has 0 N–H and O–H groups in total. The van der Waals surface area contributed by atoms with E-state index in [1.54, 1.807) is 23.9 Å². The average molecular weight is 410 g/mol. The van der Waals surface area contributed by atoms with E-state index in [1.165, 1.54) is 0 Å². The van der Waals surface area contributed by atoms with Crippen molar-refractivity contribution >= 4 is 39.3 Å². The predicted octanol–water partition coefficient (Wildman–Crippen LogP) is 4.66. The molecule has 0 spiro atoms. The molecular formula is C16H14BrClN4S. The molecule has 2 heterocycles. The van der Waals surface area contributed by atoms with E-state index in [-0.39, 0.29) is 4.28 Å². The zero-order valence-electron chi connectivity index (χ0n) is 12.4. The summed E-state index contributed by atoms with van der Waals surface area (Å²) >= 11 is 11.5. The molecule has 0 radical (unpaired) electrons. The number of alkyl halides is 1. The lowest BCUT2D eigenvalue weighted by atomic mass is 10.1. The first kappa shape index (κ1) is 16.4. The Labute approximate surface area is 152 Å². The number of rotatable bonds is 4. The molecule has 2 aromatic rings. The summed E-state index contributed by atoms with van der Waals surface area (Å²) in [7, 11) is 0. The van der Waals surface area contributed by atoms with Crippen LogP contribution in [0.1, 0.15) is 12.5 Å². The van der Waals surface area contributed by atoms with Crippen LogP contribution in [0.2, 0.25) is 5.02 Å². The summed E-state index contributed by atoms with van der Waals surface area (Å²) in [5, 5.41) is 16.1. The van der Waals surface area contributed by atoms with E-state index in [0.717, 1.165) is 17.8 Å². The monoisotopic (exact) mass is 408 g/mol. The smallest absolute Gasteiger partial charge is 0.135 e. The van der Waals surface area contributed by atoms with Crippen molar-refractivity contribution in [2.75, 3.05) is 0 Å². The summed E-state index contributed by atoms with van der Waals surface area (Å²) in [4.78, 5) is 2.25. The third-order valence-electron chi connectivity index (χ3n) is 3.64. The topological polar surface area (TPSA) is 44.9 Å². The molecule has 1 aliphatic heterocycles. The number of aromatic nitrogens is 2. The molecule has 0 saturated carbocycles. The van der Waals surface area contributed by atoms with Gasteiger partial charge in [0.05, 0.1) is 22.8 Å². The number of halogens is 2. The highest BCUT2D eigenvalue weighted by molar-refractivity contribution is 9.11. The maximum absolute atomic E-state index is 8.94. The van der Waals surface area contributed by atoms with Crippen LogP contribution in [0.4, 0.5) is 0 Å². The highest BCUT2D eigenvalue weighted by Gasteiger charge is 2.22. The van der Waals surface area contributed by atoms with Gasteiger partial charge in [0.15, 0.2) is 0 Å². The number of thioether (sulfide) groups is 1. The Hall–Kier alpha value is -1.42. The Morgan fingerprint density at radius 3 is 2.96 bits per heavy atom. The highest BCUT2D eigenvalue weighted by atomic mass is 79.9. The van der Waals surface area contributed by atoms with E-state index in [0.29, 0.717) is 16.6 Å². The molecule has 0 amide bonds. The van der Waals surface area contributed by atoms with Crippen LogP contribution in [0.15, 0.2) is 42.1 Å². The zero-order valence-corrected chi connectivity index (χ0v) is 15.5. The van der Waals surface area contributed by atoms with E-state index >= 15 is 0 Å². The second-order valence-electron chi connectivity index (χ2n) is 5.24. The standard InChI is InChI=1S/C16H14BrClN4S/c1-11(22-6-7-23-16(22)17)10-21-5-4-15(20-21)12-2-3-13(9-19)14(18)8-12/h2-8,11,16H,10H2,1H3/t11?,16-/m1/s1. The van der Waals surface area contributed by atoms with Crippen molar-refractivity contribution < 1.29 is 0 Å². The highest BCUT2D eigenvalue weighted by Crippen LogP contribution is 2.31. The maximum Gasteiger partial charge on any atom is 0.135 e. The van der Waals surface area contributed by atoms with Gasteiger partial charge in [0.25, 0.3) is 0 Å². The lowest BCUT2D eigenvalue weighted by Crippen LogP contribution is -2.33. The predicted molar refractivity (Wildman–Crippen MR) is 98.1 cm³/mol. The molecule has 0 bridgehead atoms. The molecule has 1 unspecified atom stereocenters. The van der Waals surface area contributed by atoms with Gasteiger partial charge in [-0.05, 0) is 30.5 Å². The van der Waals surface area contributed by atoms with Crippen molar-refractivity contribution in [1.82, 2.24) is 14.7 Å². The Bertz CT molecular complexity index is 783. The fourth-order valence-electron chi connectivity index (χ4n) is 2.40. The van der Waals surface area contributed by atoms with Crippen molar-refractivity contribution in [3.05, 3.63) is 52.7 Å². The van der Waals surface area contributed by atoms with Gasteiger partial charge < -0.3 is 4.90 Å². The van der Waals surface area contributed by atoms with Crippen molar-refractivity contribution in [2.24, 2.45) is 0 Å². The number of benzene rings is 1. The van der Waals surface area contributed by atoms with Crippen LogP contribution in [0.25, 0.3) is 11.3 Å². The Morgan fingerprint density at radius 2 is 2.30 bits per heavy atom. The number of nitrogens with zero attached hydrogens (tertiary/aromatic N) is 4. The van der Waals surface area contributed by atoms with E-state index in [9.17, 15) is 0 Å². The van der Waals surface area contributed by atoms with Gasteiger partial charge in [-0.25, -0.2) is 0 Å². The van der Waals surface area contributed by atoms with Crippen LogP contribution in [0.3, 0.4) is 0 Å². The van der Waals surface area contributed by atoms with Crippen LogP contribution < -0.4 is 0 Å². The van der Waals surface area contributed by atoms with Crippen molar-refractivity contribution in [3.63, 3.8) is 0 Å². The van der Waals surface area contributed by atoms with E-state index in [4.69, 9.17) is 16.9 Å². The van der Waals surface area contributed by atoms with E-state index in [2.05, 4.69) is 50.5 Å². The van der Waals surface area contributed by atoms with E-state index in [1.807, 2.05) is 23.0 Å². The third kappa shape index (κ3) is 3.57. The Kier molecular flexibility index (Phi) is 5.00.